The summed E-state index contributed by atoms with van der Waals surface area (Å²) in [6.45, 7) is 0. The molecule has 0 amide bonds. The summed E-state index contributed by atoms with van der Waals surface area (Å²) in [5.41, 5.74) is 2.76. The molecule has 0 bridgehead atoms. The zero-order valence-corrected chi connectivity index (χ0v) is 10.1. The maximum absolute atomic E-state index is 13.5. The third-order valence-electron chi connectivity index (χ3n) is 3.65. The van der Waals surface area contributed by atoms with E-state index in [0.29, 0.717) is 17.5 Å². The summed E-state index contributed by atoms with van der Waals surface area (Å²) in [6.07, 6.45) is 5.68. The lowest BCUT2D eigenvalue weighted by atomic mass is 10.1. The molecule has 19 heavy (non-hydrogen) atoms. The van der Waals surface area contributed by atoms with E-state index in [4.69, 9.17) is 0 Å². The second-order valence-electron chi connectivity index (χ2n) is 4.81. The summed E-state index contributed by atoms with van der Waals surface area (Å²) >= 11 is 0. The summed E-state index contributed by atoms with van der Waals surface area (Å²) in [5, 5.41) is 3.97. The summed E-state index contributed by atoms with van der Waals surface area (Å²) in [4.78, 5) is 8.50. The van der Waals surface area contributed by atoms with Gasteiger partial charge in [-0.1, -0.05) is 6.07 Å². The lowest BCUT2D eigenvalue weighted by Gasteiger charge is -2.02. The van der Waals surface area contributed by atoms with E-state index in [9.17, 15) is 4.39 Å². The second-order valence-corrected chi connectivity index (χ2v) is 4.81. The first-order chi connectivity index (χ1) is 9.34. The van der Waals surface area contributed by atoms with Gasteiger partial charge in [0, 0.05) is 29.6 Å². The Hall–Kier alpha value is -2.30. The van der Waals surface area contributed by atoms with Gasteiger partial charge in [0.25, 0.3) is 0 Å². The number of pyridine rings is 1. The van der Waals surface area contributed by atoms with Crippen LogP contribution in [0.2, 0.25) is 0 Å². The molecule has 3 heterocycles. The van der Waals surface area contributed by atoms with Crippen molar-refractivity contribution in [2.45, 2.75) is 18.3 Å². The molecule has 0 unspecified atom stereocenters. The van der Waals surface area contributed by atoms with Crippen LogP contribution in [0, 0.1) is 5.95 Å². The summed E-state index contributed by atoms with van der Waals surface area (Å²) in [6, 6.07) is 7.87. The van der Waals surface area contributed by atoms with Crippen LogP contribution >= 0.6 is 0 Å². The number of halogens is 1. The molecule has 0 aliphatic heterocycles. The van der Waals surface area contributed by atoms with E-state index in [2.05, 4.69) is 15.1 Å². The predicted octanol–water partition coefficient (Wildman–Crippen LogP) is 2.53. The minimum Gasteiger partial charge on any atom is -0.261 e. The number of nitrogens with zero attached hydrogens (tertiary/aromatic N) is 4. The Kier molecular flexibility index (Phi) is 2.15. The van der Waals surface area contributed by atoms with Crippen molar-refractivity contribution in [3.8, 4) is 0 Å². The van der Waals surface area contributed by atoms with Crippen molar-refractivity contribution in [1.82, 2.24) is 19.6 Å². The summed E-state index contributed by atoms with van der Waals surface area (Å²) in [7, 11) is 0. The molecule has 3 aromatic rings. The Morgan fingerprint density at radius 2 is 2.05 bits per heavy atom. The smallest absolute Gasteiger partial charge is 0.234 e. The summed E-state index contributed by atoms with van der Waals surface area (Å²) < 4.78 is 14.7. The van der Waals surface area contributed by atoms with Crippen molar-refractivity contribution in [2.24, 2.45) is 0 Å². The predicted molar refractivity (Wildman–Crippen MR) is 67.3 cm³/mol. The first-order valence-corrected chi connectivity index (χ1v) is 6.23. The summed E-state index contributed by atoms with van der Waals surface area (Å²) in [5.74, 6) is 0.348. The topological polar surface area (TPSA) is 43.1 Å². The standard InChI is InChI=1S/C14H11FN4/c15-13-8-17-14-9(4-6-18-19(13)14)10-7-11(10)12-3-1-2-5-16-12/h1-6,8,10-11H,7H2/t10-,11+/m1/s1. The quantitative estimate of drug-likeness (QED) is 0.705. The fourth-order valence-electron chi connectivity index (χ4n) is 2.64. The van der Waals surface area contributed by atoms with E-state index in [1.807, 2.05) is 30.5 Å². The zero-order valence-electron chi connectivity index (χ0n) is 10.1. The molecular formula is C14H11FN4. The highest BCUT2D eigenvalue weighted by molar-refractivity contribution is 5.52. The number of hydrogen-bond donors (Lipinski definition) is 0. The zero-order chi connectivity index (χ0) is 12.8. The van der Waals surface area contributed by atoms with Gasteiger partial charge < -0.3 is 0 Å². The van der Waals surface area contributed by atoms with Crippen LogP contribution in [0.1, 0.15) is 29.5 Å². The molecule has 0 aromatic carbocycles. The van der Waals surface area contributed by atoms with Crippen molar-refractivity contribution in [2.75, 3.05) is 0 Å². The molecule has 1 aliphatic rings. The third kappa shape index (κ3) is 1.62. The lowest BCUT2D eigenvalue weighted by Crippen LogP contribution is -1.98. The average molecular weight is 254 g/mol. The Morgan fingerprint density at radius 3 is 2.89 bits per heavy atom. The van der Waals surface area contributed by atoms with Crippen LogP contribution in [0.15, 0.2) is 42.9 Å². The molecule has 0 N–H and O–H groups in total. The van der Waals surface area contributed by atoms with Crippen LogP contribution in [0.25, 0.3) is 5.65 Å². The van der Waals surface area contributed by atoms with E-state index in [0.717, 1.165) is 17.7 Å². The van der Waals surface area contributed by atoms with Crippen LogP contribution < -0.4 is 0 Å². The first-order valence-electron chi connectivity index (χ1n) is 6.23. The number of imidazole rings is 1. The van der Waals surface area contributed by atoms with E-state index in [-0.39, 0.29) is 0 Å². The second kappa shape index (κ2) is 3.85. The van der Waals surface area contributed by atoms with E-state index >= 15 is 0 Å². The van der Waals surface area contributed by atoms with Gasteiger partial charge in [-0.05, 0) is 30.5 Å². The average Bonchev–Trinajstić information content (AvgIpc) is 3.18. The van der Waals surface area contributed by atoms with Gasteiger partial charge in [-0.3, -0.25) is 4.98 Å². The maximum atomic E-state index is 13.5. The van der Waals surface area contributed by atoms with Crippen LogP contribution in [0.4, 0.5) is 4.39 Å². The molecule has 4 rings (SSSR count). The fourth-order valence-corrected chi connectivity index (χ4v) is 2.64. The van der Waals surface area contributed by atoms with Crippen LogP contribution in [-0.4, -0.2) is 19.6 Å². The monoisotopic (exact) mass is 254 g/mol. The largest absolute Gasteiger partial charge is 0.261 e. The molecule has 4 nitrogen and oxygen atoms in total. The van der Waals surface area contributed by atoms with Gasteiger partial charge in [0.05, 0.1) is 6.20 Å². The highest BCUT2D eigenvalue weighted by atomic mass is 19.1. The van der Waals surface area contributed by atoms with Crippen molar-refractivity contribution >= 4 is 5.65 Å². The van der Waals surface area contributed by atoms with E-state index in [1.54, 1.807) is 6.20 Å². The van der Waals surface area contributed by atoms with Crippen molar-refractivity contribution in [1.29, 1.82) is 0 Å². The third-order valence-corrected chi connectivity index (χ3v) is 3.65. The SMILES string of the molecule is Fc1cnc2c([C@H]3C[C@@H]3c3ccccn3)ccnn12. The van der Waals surface area contributed by atoms with Gasteiger partial charge in [-0.15, -0.1) is 0 Å². The lowest BCUT2D eigenvalue weighted by molar-refractivity contribution is 0.548. The molecule has 1 fully saturated rings. The van der Waals surface area contributed by atoms with Crippen molar-refractivity contribution in [3.05, 3.63) is 60.1 Å². The molecule has 1 saturated carbocycles. The van der Waals surface area contributed by atoms with Crippen molar-refractivity contribution in [3.63, 3.8) is 0 Å². The van der Waals surface area contributed by atoms with Gasteiger partial charge in [0.2, 0.25) is 5.95 Å². The molecule has 94 valence electrons. The van der Waals surface area contributed by atoms with Gasteiger partial charge in [-0.2, -0.15) is 14.0 Å². The Balaban J connectivity index is 1.74. The number of fused-ring (bicyclic) bond motifs is 1. The molecule has 5 heteroatoms. The highest BCUT2D eigenvalue weighted by Gasteiger charge is 2.42. The van der Waals surface area contributed by atoms with E-state index in [1.165, 1.54) is 10.7 Å². The van der Waals surface area contributed by atoms with Gasteiger partial charge in [0.1, 0.15) is 0 Å². The molecule has 3 aromatic heterocycles. The molecule has 0 saturated heterocycles. The van der Waals surface area contributed by atoms with Crippen LogP contribution in [0.3, 0.4) is 0 Å². The molecular weight excluding hydrogens is 243 g/mol. The number of hydrogen-bond acceptors (Lipinski definition) is 3. The fraction of sp³-hybridized carbons (Fsp3) is 0.214. The normalized spacial score (nSPS) is 21.7. The Morgan fingerprint density at radius 1 is 1.11 bits per heavy atom. The van der Waals surface area contributed by atoms with Crippen LogP contribution in [0.5, 0.6) is 0 Å². The van der Waals surface area contributed by atoms with Gasteiger partial charge in [0.15, 0.2) is 5.65 Å². The molecule has 0 radical (unpaired) electrons. The molecule has 1 aliphatic carbocycles. The molecule has 0 spiro atoms. The number of aromatic nitrogens is 4. The van der Waals surface area contributed by atoms with Crippen LogP contribution in [-0.2, 0) is 0 Å². The minimum atomic E-state index is -0.424. The molecule has 2 atom stereocenters. The Labute approximate surface area is 108 Å². The maximum Gasteiger partial charge on any atom is 0.234 e. The van der Waals surface area contributed by atoms with E-state index < -0.39 is 5.95 Å². The van der Waals surface area contributed by atoms with Crippen molar-refractivity contribution < 1.29 is 4.39 Å². The highest BCUT2D eigenvalue weighted by Crippen LogP contribution is 2.54. The first kappa shape index (κ1) is 10.6. The Bertz CT molecular complexity index is 738. The van der Waals surface area contributed by atoms with Gasteiger partial charge in [-0.25, -0.2) is 4.98 Å². The minimum absolute atomic E-state index is 0.363. The van der Waals surface area contributed by atoms with Gasteiger partial charge >= 0.3 is 0 Å². The number of rotatable bonds is 2.